The Hall–Kier alpha value is -3.22. The number of rotatable bonds is 5. The third-order valence-corrected chi connectivity index (χ3v) is 5.82. The Balaban J connectivity index is 1.25. The molecule has 0 spiro atoms. The average molecular weight is 415 g/mol. The van der Waals surface area contributed by atoms with Gasteiger partial charge < -0.3 is 14.6 Å². The monoisotopic (exact) mass is 415 g/mol. The van der Waals surface area contributed by atoms with Crippen LogP contribution in [0.15, 0.2) is 66.9 Å². The molecule has 0 radical (unpaired) electrons. The van der Waals surface area contributed by atoms with Gasteiger partial charge in [0.15, 0.2) is 0 Å². The summed E-state index contributed by atoms with van der Waals surface area (Å²) in [5.74, 6) is 1.52. The summed E-state index contributed by atoms with van der Waals surface area (Å²) in [6.07, 6.45) is 1.72. The van der Waals surface area contributed by atoms with Gasteiger partial charge in [0.1, 0.15) is 29.2 Å². The Morgan fingerprint density at radius 2 is 1.94 bits per heavy atom. The molecule has 0 unspecified atom stereocenters. The maximum Gasteiger partial charge on any atom is 0.145 e. The lowest BCUT2D eigenvalue weighted by atomic mass is 10.0. The number of ether oxygens (including phenoxy) is 2. The van der Waals surface area contributed by atoms with Crippen LogP contribution in [0.1, 0.15) is 12.1 Å². The number of nitrogens with zero attached hydrogens (tertiary/aromatic N) is 3. The van der Waals surface area contributed by atoms with Crippen molar-refractivity contribution in [2.75, 3.05) is 20.2 Å². The molecule has 0 saturated carbocycles. The van der Waals surface area contributed by atoms with E-state index in [4.69, 9.17) is 14.5 Å². The number of aliphatic hydroxyl groups is 1. The molecule has 0 aliphatic carbocycles. The molecule has 6 heteroatoms. The molecule has 2 aromatic carbocycles. The second kappa shape index (κ2) is 8.49. The number of piperidine rings is 1. The SMILES string of the molecule is COc1cccc2ccc(CN3CC[C@@H](Oc4ccc5cccnc5c4)[C@H](O)C3)nc12. The minimum absolute atomic E-state index is 0.234. The van der Waals surface area contributed by atoms with Crippen molar-refractivity contribution >= 4 is 21.8 Å². The van der Waals surface area contributed by atoms with E-state index < -0.39 is 6.10 Å². The van der Waals surface area contributed by atoms with Crippen molar-refractivity contribution in [2.24, 2.45) is 0 Å². The summed E-state index contributed by atoms with van der Waals surface area (Å²) < 4.78 is 11.6. The molecule has 3 heterocycles. The van der Waals surface area contributed by atoms with E-state index >= 15 is 0 Å². The number of aromatic nitrogens is 2. The fourth-order valence-electron chi connectivity index (χ4n) is 4.19. The Morgan fingerprint density at radius 1 is 1.06 bits per heavy atom. The molecule has 5 rings (SSSR count). The van der Waals surface area contributed by atoms with Crippen LogP contribution in [0.2, 0.25) is 0 Å². The number of methoxy groups -OCH3 is 1. The van der Waals surface area contributed by atoms with E-state index in [-0.39, 0.29) is 6.10 Å². The van der Waals surface area contributed by atoms with Gasteiger partial charge in [0.05, 0.1) is 18.3 Å². The van der Waals surface area contributed by atoms with Gasteiger partial charge in [-0.25, -0.2) is 4.98 Å². The van der Waals surface area contributed by atoms with E-state index in [0.717, 1.165) is 52.0 Å². The first-order chi connectivity index (χ1) is 15.2. The molecule has 1 aliphatic heterocycles. The number of pyridine rings is 2. The fourth-order valence-corrected chi connectivity index (χ4v) is 4.19. The highest BCUT2D eigenvalue weighted by Gasteiger charge is 2.29. The molecule has 31 heavy (non-hydrogen) atoms. The highest BCUT2D eigenvalue weighted by molar-refractivity contribution is 5.84. The van der Waals surface area contributed by atoms with Crippen LogP contribution in [-0.4, -0.2) is 52.4 Å². The first-order valence-electron chi connectivity index (χ1n) is 10.5. The second-order valence-corrected chi connectivity index (χ2v) is 7.94. The number of likely N-dealkylation sites (tertiary alicyclic amines) is 1. The third kappa shape index (κ3) is 4.17. The summed E-state index contributed by atoms with van der Waals surface area (Å²) >= 11 is 0. The summed E-state index contributed by atoms with van der Waals surface area (Å²) in [6, 6.07) is 19.8. The number of para-hydroxylation sites is 1. The van der Waals surface area contributed by atoms with Crippen LogP contribution in [0.25, 0.3) is 21.8 Å². The van der Waals surface area contributed by atoms with E-state index in [1.54, 1.807) is 13.3 Å². The van der Waals surface area contributed by atoms with Gasteiger partial charge in [0.25, 0.3) is 0 Å². The van der Waals surface area contributed by atoms with Crippen LogP contribution in [0.5, 0.6) is 11.5 Å². The van der Waals surface area contributed by atoms with E-state index in [1.165, 1.54) is 0 Å². The first kappa shape index (κ1) is 19.7. The largest absolute Gasteiger partial charge is 0.494 e. The Kier molecular flexibility index (Phi) is 5.40. The zero-order chi connectivity index (χ0) is 21.2. The van der Waals surface area contributed by atoms with Crippen molar-refractivity contribution < 1.29 is 14.6 Å². The highest BCUT2D eigenvalue weighted by atomic mass is 16.5. The van der Waals surface area contributed by atoms with Crippen molar-refractivity contribution in [2.45, 2.75) is 25.2 Å². The maximum absolute atomic E-state index is 10.7. The molecular weight excluding hydrogens is 390 g/mol. The fraction of sp³-hybridized carbons (Fsp3) is 0.280. The zero-order valence-electron chi connectivity index (χ0n) is 17.4. The molecule has 1 N–H and O–H groups in total. The third-order valence-electron chi connectivity index (χ3n) is 5.82. The van der Waals surface area contributed by atoms with Crippen molar-refractivity contribution in [1.82, 2.24) is 14.9 Å². The molecule has 1 saturated heterocycles. The van der Waals surface area contributed by atoms with Crippen molar-refractivity contribution in [3.63, 3.8) is 0 Å². The van der Waals surface area contributed by atoms with Gasteiger partial charge in [-0.05, 0) is 36.8 Å². The Morgan fingerprint density at radius 3 is 2.81 bits per heavy atom. The summed E-state index contributed by atoms with van der Waals surface area (Å²) in [6.45, 7) is 2.05. The number of aliphatic hydroxyl groups excluding tert-OH is 1. The molecule has 1 aliphatic rings. The van der Waals surface area contributed by atoms with Gasteiger partial charge in [-0.2, -0.15) is 0 Å². The van der Waals surface area contributed by atoms with E-state index in [1.807, 2.05) is 54.6 Å². The van der Waals surface area contributed by atoms with Crippen LogP contribution < -0.4 is 9.47 Å². The lowest BCUT2D eigenvalue weighted by molar-refractivity contribution is -0.0277. The number of benzene rings is 2. The smallest absolute Gasteiger partial charge is 0.145 e. The van der Waals surface area contributed by atoms with Crippen molar-refractivity contribution in [3.05, 3.63) is 72.6 Å². The average Bonchev–Trinajstić information content (AvgIpc) is 2.80. The van der Waals surface area contributed by atoms with Crippen LogP contribution in [0.4, 0.5) is 0 Å². The zero-order valence-corrected chi connectivity index (χ0v) is 17.4. The predicted molar refractivity (Wildman–Crippen MR) is 120 cm³/mol. The number of fused-ring (bicyclic) bond motifs is 2. The number of β-amino-alcohol motifs (C(OH)–C–C–N with tert-alkyl or cyclic N) is 1. The van der Waals surface area contributed by atoms with E-state index in [9.17, 15) is 5.11 Å². The molecule has 2 atom stereocenters. The number of hydrogen-bond donors (Lipinski definition) is 1. The van der Waals surface area contributed by atoms with E-state index in [0.29, 0.717) is 13.1 Å². The summed E-state index contributed by atoms with van der Waals surface area (Å²) in [4.78, 5) is 11.4. The molecule has 4 aromatic rings. The summed E-state index contributed by atoms with van der Waals surface area (Å²) in [7, 11) is 1.66. The van der Waals surface area contributed by atoms with Gasteiger partial charge in [-0.15, -0.1) is 0 Å². The van der Waals surface area contributed by atoms with Gasteiger partial charge in [-0.1, -0.05) is 24.3 Å². The maximum atomic E-state index is 10.7. The van der Waals surface area contributed by atoms with Crippen LogP contribution >= 0.6 is 0 Å². The lowest BCUT2D eigenvalue weighted by Crippen LogP contribution is -2.48. The normalized spacial score (nSPS) is 19.5. The van der Waals surface area contributed by atoms with Gasteiger partial charge in [0.2, 0.25) is 0 Å². The van der Waals surface area contributed by atoms with Crippen molar-refractivity contribution in [1.29, 1.82) is 0 Å². The minimum atomic E-state index is -0.567. The van der Waals surface area contributed by atoms with Gasteiger partial charge in [-0.3, -0.25) is 9.88 Å². The first-order valence-corrected chi connectivity index (χ1v) is 10.5. The predicted octanol–water partition coefficient (Wildman–Crippen LogP) is 3.81. The van der Waals surface area contributed by atoms with E-state index in [2.05, 4.69) is 16.0 Å². The molecule has 6 nitrogen and oxygen atoms in total. The number of hydrogen-bond acceptors (Lipinski definition) is 6. The molecule has 2 aromatic heterocycles. The summed E-state index contributed by atoms with van der Waals surface area (Å²) in [5, 5.41) is 12.9. The second-order valence-electron chi connectivity index (χ2n) is 7.94. The van der Waals surface area contributed by atoms with Crippen molar-refractivity contribution in [3.8, 4) is 11.5 Å². The lowest BCUT2D eigenvalue weighted by Gasteiger charge is -2.35. The van der Waals surface area contributed by atoms with Crippen LogP contribution in [0.3, 0.4) is 0 Å². The quantitative estimate of drug-likeness (QED) is 0.535. The van der Waals surface area contributed by atoms with Gasteiger partial charge >= 0.3 is 0 Å². The Bertz CT molecular complexity index is 1210. The Labute approximate surface area is 181 Å². The summed E-state index contributed by atoms with van der Waals surface area (Å²) in [5.41, 5.74) is 2.72. The molecule has 1 fully saturated rings. The standard InChI is InChI=1S/C25H25N3O3/c1-30-24-6-2-4-18-7-9-19(27-25(18)24)15-28-13-11-23(22(29)16-28)31-20-10-8-17-5-3-12-26-21(17)14-20/h2-10,12,14,22-23,29H,11,13,15-16H2,1H3/t22-,23-/m1/s1. The highest BCUT2D eigenvalue weighted by Crippen LogP contribution is 2.26. The topological polar surface area (TPSA) is 67.7 Å². The molecular formula is C25H25N3O3. The van der Waals surface area contributed by atoms with Crippen LogP contribution in [0, 0.1) is 0 Å². The van der Waals surface area contributed by atoms with Gasteiger partial charge in [0, 0.05) is 42.7 Å². The minimum Gasteiger partial charge on any atom is -0.494 e. The molecule has 0 bridgehead atoms. The van der Waals surface area contributed by atoms with Crippen LogP contribution in [-0.2, 0) is 6.54 Å². The molecule has 0 amide bonds. The molecule has 158 valence electrons.